The first kappa shape index (κ1) is 31.3. The summed E-state index contributed by atoms with van der Waals surface area (Å²) in [5.41, 5.74) is 13.7. The molecule has 6 nitrogen and oxygen atoms in total. The Hall–Kier alpha value is -7.44. The van der Waals surface area contributed by atoms with E-state index in [9.17, 15) is 0 Å². The maximum atomic E-state index is 5.13. The molecule has 6 aromatic carbocycles. The Bertz CT molecular complexity index is 2850. The van der Waals surface area contributed by atoms with E-state index in [1.807, 2.05) is 67.0 Å². The molecule has 0 saturated heterocycles. The first-order chi connectivity index (χ1) is 26.8. The fourth-order valence-corrected chi connectivity index (χ4v) is 7.37. The van der Waals surface area contributed by atoms with Crippen LogP contribution in [0.2, 0.25) is 0 Å². The van der Waals surface area contributed by atoms with Gasteiger partial charge in [0.05, 0.1) is 51.0 Å². The highest BCUT2D eigenvalue weighted by Crippen LogP contribution is 2.39. The average Bonchev–Trinajstić information content (AvgIpc) is 3.59. The average molecular weight is 693 g/mol. The summed E-state index contributed by atoms with van der Waals surface area (Å²) in [6, 6.07) is 61.0. The van der Waals surface area contributed by atoms with Crippen molar-refractivity contribution in [3.05, 3.63) is 195 Å². The fourth-order valence-electron chi connectivity index (χ4n) is 7.37. The van der Waals surface area contributed by atoms with Gasteiger partial charge in [0.1, 0.15) is 0 Å². The highest BCUT2D eigenvalue weighted by molar-refractivity contribution is 6.09. The van der Waals surface area contributed by atoms with E-state index in [2.05, 4.69) is 136 Å². The summed E-state index contributed by atoms with van der Waals surface area (Å²) in [5.74, 6) is 0. The Labute approximate surface area is 312 Å². The number of anilines is 3. The van der Waals surface area contributed by atoms with Crippen molar-refractivity contribution in [2.24, 2.45) is 0 Å². The largest absolute Gasteiger partial charge is 0.309 e. The Kier molecular flexibility index (Phi) is 7.69. The van der Waals surface area contributed by atoms with E-state index < -0.39 is 0 Å². The number of nitrogens with zero attached hydrogens (tertiary/aromatic N) is 6. The van der Waals surface area contributed by atoms with Gasteiger partial charge in [-0.25, -0.2) is 9.97 Å². The molecule has 0 aliphatic carbocycles. The second-order valence-electron chi connectivity index (χ2n) is 13.2. The lowest BCUT2D eigenvalue weighted by atomic mass is 10.0. The summed E-state index contributed by atoms with van der Waals surface area (Å²) in [5, 5.41) is 2.48. The Morgan fingerprint density at radius 3 is 1.54 bits per heavy atom. The predicted octanol–water partition coefficient (Wildman–Crippen LogP) is 12.0. The van der Waals surface area contributed by atoms with Gasteiger partial charge < -0.3 is 9.47 Å². The number of aromatic nitrogens is 5. The maximum Gasteiger partial charge on any atom is 0.0973 e. The van der Waals surface area contributed by atoms with Crippen LogP contribution >= 0.6 is 0 Å². The molecule has 54 heavy (non-hydrogen) atoms. The Balaban J connectivity index is 1.08. The van der Waals surface area contributed by atoms with E-state index in [1.54, 1.807) is 6.20 Å². The van der Waals surface area contributed by atoms with Gasteiger partial charge in [0, 0.05) is 56.9 Å². The maximum absolute atomic E-state index is 5.13. The molecule has 0 N–H and O–H groups in total. The van der Waals surface area contributed by atoms with Crippen LogP contribution in [0.25, 0.3) is 72.3 Å². The van der Waals surface area contributed by atoms with Gasteiger partial charge in [0.25, 0.3) is 0 Å². The first-order valence-corrected chi connectivity index (χ1v) is 18.0. The summed E-state index contributed by atoms with van der Waals surface area (Å²) in [7, 11) is 0. The molecule has 0 amide bonds. The van der Waals surface area contributed by atoms with Gasteiger partial charge in [-0.15, -0.1) is 0 Å². The Morgan fingerprint density at radius 2 is 0.944 bits per heavy atom. The molecule has 0 radical (unpaired) electrons. The predicted molar refractivity (Wildman–Crippen MR) is 220 cm³/mol. The second kappa shape index (κ2) is 13.3. The van der Waals surface area contributed by atoms with E-state index in [1.165, 1.54) is 21.8 Å². The highest BCUT2D eigenvalue weighted by Gasteiger charge is 2.18. The van der Waals surface area contributed by atoms with Gasteiger partial charge in [0.15, 0.2) is 0 Å². The van der Waals surface area contributed by atoms with Crippen molar-refractivity contribution in [2.75, 3.05) is 4.90 Å². The number of fused-ring (bicyclic) bond motifs is 4. The van der Waals surface area contributed by atoms with Gasteiger partial charge in [-0.2, -0.15) is 0 Å². The smallest absolute Gasteiger partial charge is 0.0973 e. The van der Waals surface area contributed by atoms with Crippen LogP contribution in [-0.2, 0) is 0 Å². The molecule has 0 bridgehead atoms. The molecule has 0 aliphatic rings. The summed E-state index contributed by atoms with van der Waals surface area (Å²) >= 11 is 0. The molecule has 4 aromatic heterocycles. The van der Waals surface area contributed by atoms with Crippen molar-refractivity contribution in [1.29, 1.82) is 0 Å². The zero-order valence-corrected chi connectivity index (χ0v) is 29.2. The number of para-hydroxylation sites is 4. The first-order valence-electron chi connectivity index (χ1n) is 18.0. The van der Waals surface area contributed by atoms with Crippen LogP contribution in [0.5, 0.6) is 0 Å². The molecular formula is C48H32N6. The standard InChI is InChI=1S/C48H32N6/c1-2-11-33(12-3-1)47-48(52-44-17-7-6-16-43(44)51-47)34-20-22-36(23-21-34)53(39-28-29-42(50-32-39)35-13-10-30-49-31-35)37-24-26-38(27-25-37)54-45-18-8-4-14-40(45)41-15-5-9-19-46(41)54/h1-32H. The normalized spacial score (nSPS) is 11.3. The molecular weight excluding hydrogens is 661 g/mol. The topological polar surface area (TPSA) is 59.7 Å². The van der Waals surface area contributed by atoms with Crippen LogP contribution in [0.15, 0.2) is 195 Å². The van der Waals surface area contributed by atoms with Crippen molar-refractivity contribution >= 4 is 49.9 Å². The van der Waals surface area contributed by atoms with E-state index in [4.69, 9.17) is 15.0 Å². The van der Waals surface area contributed by atoms with Crippen molar-refractivity contribution in [1.82, 2.24) is 24.5 Å². The fraction of sp³-hybridized carbons (Fsp3) is 0. The van der Waals surface area contributed by atoms with E-state index in [-0.39, 0.29) is 0 Å². The second-order valence-corrected chi connectivity index (χ2v) is 13.2. The van der Waals surface area contributed by atoms with Crippen LogP contribution < -0.4 is 4.90 Å². The van der Waals surface area contributed by atoms with Gasteiger partial charge in [-0.3, -0.25) is 9.97 Å². The van der Waals surface area contributed by atoms with E-state index in [0.717, 1.165) is 67.6 Å². The quantitative estimate of drug-likeness (QED) is 0.166. The minimum absolute atomic E-state index is 0.844. The Morgan fingerprint density at radius 1 is 0.407 bits per heavy atom. The summed E-state index contributed by atoms with van der Waals surface area (Å²) in [6.07, 6.45) is 5.54. The third-order valence-corrected chi connectivity index (χ3v) is 9.93. The third-order valence-electron chi connectivity index (χ3n) is 9.93. The molecule has 10 aromatic rings. The molecule has 6 heteroatoms. The third kappa shape index (κ3) is 5.54. The monoisotopic (exact) mass is 692 g/mol. The molecule has 4 heterocycles. The zero-order valence-electron chi connectivity index (χ0n) is 29.2. The SMILES string of the molecule is c1ccc(-c2nc3ccccc3nc2-c2ccc(N(c3ccc(-n4c5ccccc5c5ccccc54)cc3)c3ccc(-c4cccnc4)nc3)cc2)cc1. The van der Waals surface area contributed by atoms with Gasteiger partial charge in [0.2, 0.25) is 0 Å². The van der Waals surface area contributed by atoms with Crippen molar-refractivity contribution in [3.63, 3.8) is 0 Å². The van der Waals surface area contributed by atoms with Crippen LogP contribution in [-0.4, -0.2) is 24.5 Å². The zero-order chi connectivity index (χ0) is 35.8. The van der Waals surface area contributed by atoms with Gasteiger partial charge in [-0.05, 0) is 84.9 Å². The number of hydrogen-bond acceptors (Lipinski definition) is 5. The molecule has 0 fully saturated rings. The molecule has 0 spiro atoms. The summed E-state index contributed by atoms with van der Waals surface area (Å²) in [6.45, 7) is 0. The molecule has 10 rings (SSSR count). The lowest BCUT2D eigenvalue weighted by Crippen LogP contribution is -2.10. The van der Waals surface area contributed by atoms with Gasteiger partial charge >= 0.3 is 0 Å². The minimum atomic E-state index is 0.844. The summed E-state index contributed by atoms with van der Waals surface area (Å²) < 4.78 is 2.34. The van der Waals surface area contributed by atoms with Crippen molar-refractivity contribution in [3.8, 4) is 39.5 Å². The lowest BCUT2D eigenvalue weighted by Gasteiger charge is -2.26. The molecule has 0 saturated carbocycles. The molecule has 0 unspecified atom stereocenters. The van der Waals surface area contributed by atoms with Crippen LogP contribution in [0.4, 0.5) is 17.1 Å². The van der Waals surface area contributed by atoms with Crippen molar-refractivity contribution in [2.45, 2.75) is 0 Å². The number of rotatable bonds is 7. The van der Waals surface area contributed by atoms with E-state index in [0.29, 0.717) is 0 Å². The van der Waals surface area contributed by atoms with Crippen LogP contribution in [0, 0.1) is 0 Å². The molecule has 0 atom stereocenters. The van der Waals surface area contributed by atoms with Crippen LogP contribution in [0.1, 0.15) is 0 Å². The van der Waals surface area contributed by atoms with E-state index >= 15 is 0 Å². The number of pyridine rings is 2. The molecule has 254 valence electrons. The van der Waals surface area contributed by atoms with Crippen molar-refractivity contribution < 1.29 is 0 Å². The van der Waals surface area contributed by atoms with Gasteiger partial charge in [-0.1, -0.05) is 91.0 Å². The minimum Gasteiger partial charge on any atom is -0.309 e. The number of benzene rings is 6. The summed E-state index contributed by atoms with van der Waals surface area (Å²) in [4.78, 5) is 21.6. The van der Waals surface area contributed by atoms with Crippen LogP contribution in [0.3, 0.4) is 0 Å². The lowest BCUT2D eigenvalue weighted by molar-refractivity contribution is 1.17. The highest BCUT2D eigenvalue weighted by atomic mass is 15.1. The number of hydrogen-bond donors (Lipinski definition) is 0. The molecule has 0 aliphatic heterocycles.